The zero-order chi connectivity index (χ0) is 23.5. The van der Waals surface area contributed by atoms with Gasteiger partial charge in [-0.3, -0.25) is 10.1 Å². The van der Waals surface area contributed by atoms with Gasteiger partial charge in [0.25, 0.3) is 11.9 Å². The molecule has 0 radical (unpaired) electrons. The van der Waals surface area contributed by atoms with Crippen LogP contribution < -0.4 is 5.32 Å². The van der Waals surface area contributed by atoms with E-state index in [1.165, 1.54) is 35.7 Å². The quantitative estimate of drug-likeness (QED) is 0.340. The van der Waals surface area contributed by atoms with E-state index in [9.17, 15) is 15.2 Å². The van der Waals surface area contributed by atoms with E-state index in [-0.39, 0.29) is 34.5 Å². The van der Waals surface area contributed by atoms with Crippen LogP contribution in [-0.2, 0) is 0 Å². The van der Waals surface area contributed by atoms with E-state index in [2.05, 4.69) is 45.8 Å². The number of fused-ring (bicyclic) bond motifs is 1. The van der Waals surface area contributed by atoms with E-state index in [1.807, 2.05) is 6.07 Å². The first-order chi connectivity index (χ1) is 16.7. The van der Waals surface area contributed by atoms with Crippen molar-refractivity contribution in [3.63, 3.8) is 0 Å². The van der Waals surface area contributed by atoms with Gasteiger partial charge >= 0.3 is 0 Å². The fourth-order valence-corrected chi connectivity index (χ4v) is 3.19. The summed E-state index contributed by atoms with van der Waals surface area (Å²) in [6, 6.07) is 12.2. The Hall–Kier alpha value is -5.51. The van der Waals surface area contributed by atoms with Crippen LogP contribution >= 0.6 is 0 Å². The number of anilines is 1. The molecular weight excluding hydrogens is 438 g/mol. The molecule has 0 aliphatic rings. The van der Waals surface area contributed by atoms with Gasteiger partial charge in [0.1, 0.15) is 23.6 Å². The van der Waals surface area contributed by atoms with Crippen LogP contribution in [0.4, 0.5) is 17.5 Å². The van der Waals surface area contributed by atoms with Crippen LogP contribution in [0.3, 0.4) is 0 Å². The van der Waals surface area contributed by atoms with Crippen molar-refractivity contribution in [3.8, 4) is 17.8 Å². The molecule has 5 rings (SSSR count). The molecule has 0 saturated carbocycles. The van der Waals surface area contributed by atoms with Crippen LogP contribution in [0.5, 0.6) is 5.75 Å². The van der Waals surface area contributed by atoms with Crippen molar-refractivity contribution in [3.05, 3.63) is 72.4 Å². The highest BCUT2D eigenvalue weighted by Gasteiger charge is 2.20. The molecule has 0 atom stereocenters. The minimum absolute atomic E-state index is 0.0337. The predicted molar refractivity (Wildman–Crippen MR) is 118 cm³/mol. The molecule has 2 aromatic carbocycles. The van der Waals surface area contributed by atoms with Crippen molar-refractivity contribution < 1.29 is 9.90 Å². The van der Waals surface area contributed by atoms with Gasteiger partial charge in [-0.15, -0.1) is 10.2 Å². The Kier molecular flexibility index (Phi) is 5.13. The minimum atomic E-state index is -0.628. The minimum Gasteiger partial charge on any atom is -0.505 e. The zero-order valence-electron chi connectivity index (χ0n) is 17.2. The molecular formula is C21H13N11O2. The molecule has 34 heavy (non-hydrogen) atoms. The number of nitrogens with zero attached hydrogens (tertiary/aromatic N) is 9. The molecule has 3 heterocycles. The molecule has 13 heteroatoms. The van der Waals surface area contributed by atoms with Crippen molar-refractivity contribution in [1.29, 1.82) is 5.26 Å². The van der Waals surface area contributed by atoms with Crippen LogP contribution in [0.15, 0.2) is 71.5 Å². The van der Waals surface area contributed by atoms with Gasteiger partial charge in [-0.25, -0.2) is 15.1 Å². The summed E-state index contributed by atoms with van der Waals surface area (Å²) in [5.74, 6) is -0.663. The summed E-state index contributed by atoms with van der Waals surface area (Å²) in [7, 11) is 0. The number of benzene rings is 2. The van der Waals surface area contributed by atoms with Gasteiger partial charge in [0.05, 0.1) is 11.8 Å². The smallest absolute Gasteiger partial charge is 0.261 e. The number of phenols is 1. The topological polar surface area (TPSA) is 183 Å². The summed E-state index contributed by atoms with van der Waals surface area (Å²) in [6.07, 6.45) is 5.59. The molecule has 3 aromatic heterocycles. The van der Waals surface area contributed by atoms with Gasteiger partial charge in [0, 0.05) is 17.8 Å². The third kappa shape index (κ3) is 3.67. The first kappa shape index (κ1) is 20.4. The van der Waals surface area contributed by atoms with Gasteiger partial charge in [-0.05, 0) is 17.5 Å². The highest BCUT2D eigenvalue weighted by Crippen LogP contribution is 2.39. The van der Waals surface area contributed by atoms with Gasteiger partial charge in [0.2, 0.25) is 5.95 Å². The van der Waals surface area contributed by atoms with Gasteiger partial charge in [-0.2, -0.15) is 25.1 Å². The standard InChI is InChI=1S/C21H13N11O2/c22-9-13-10-27-32(21-23-6-3-7-24-21)18(13)30-29-16-14-5-2-1-4-12(14)8-15(17(16)33)19(34)28-20-25-11-26-31-20/h1-8,10-11,33H,(H2,25,26,28,31,34)/b30-29+. The Morgan fingerprint density at radius 1 is 1.15 bits per heavy atom. The number of aromatic amines is 1. The number of aromatic nitrogens is 7. The lowest BCUT2D eigenvalue weighted by atomic mass is 10.0. The average Bonchev–Trinajstić information content (AvgIpc) is 3.53. The second kappa shape index (κ2) is 8.55. The van der Waals surface area contributed by atoms with Crippen LogP contribution in [0.25, 0.3) is 16.7 Å². The van der Waals surface area contributed by atoms with Crippen LogP contribution in [0, 0.1) is 11.3 Å². The van der Waals surface area contributed by atoms with Crippen LogP contribution in [0.1, 0.15) is 15.9 Å². The molecule has 3 N–H and O–H groups in total. The maximum atomic E-state index is 12.8. The van der Waals surface area contributed by atoms with E-state index >= 15 is 0 Å². The van der Waals surface area contributed by atoms with Crippen LogP contribution in [0.2, 0.25) is 0 Å². The molecule has 1 amide bonds. The van der Waals surface area contributed by atoms with Gasteiger partial charge in [0.15, 0.2) is 11.6 Å². The van der Waals surface area contributed by atoms with Crippen molar-refractivity contribution >= 4 is 34.1 Å². The van der Waals surface area contributed by atoms with E-state index in [4.69, 9.17) is 0 Å². The fraction of sp³-hybridized carbons (Fsp3) is 0. The Labute approximate surface area is 190 Å². The van der Waals surface area contributed by atoms with Crippen molar-refractivity contribution in [1.82, 2.24) is 34.9 Å². The van der Waals surface area contributed by atoms with Crippen molar-refractivity contribution in [2.24, 2.45) is 10.2 Å². The highest BCUT2D eigenvalue weighted by molar-refractivity contribution is 6.11. The molecule has 0 unspecified atom stereocenters. The molecule has 0 aliphatic carbocycles. The summed E-state index contributed by atoms with van der Waals surface area (Å²) in [5.41, 5.74) is 0.107. The molecule has 5 aromatic rings. The Bertz CT molecular complexity index is 1570. The lowest BCUT2D eigenvalue weighted by molar-refractivity contribution is 0.102. The number of nitriles is 1. The summed E-state index contributed by atoms with van der Waals surface area (Å²) in [5, 5.41) is 42.8. The van der Waals surface area contributed by atoms with Gasteiger partial charge < -0.3 is 5.11 Å². The van der Waals surface area contributed by atoms with Crippen molar-refractivity contribution in [2.45, 2.75) is 0 Å². The molecule has 13 nitrogen and oxygen atoms in total. The fourth-order valence-electron chi connectivity index (χ4n) is 3.19. The Balaban J connectivity index is 1.62. The number of phenolic OH excluding ortho intramolecular Hbond substituents is 1. The number of rotatable bonds is 5. The number of amides is 1. The maximum absolute atomic E-state index is 12.8. The summed E-state index contributed by atoms with van der Waals surface area (Å²) >= 11 is 0. The third-order valence-electron chi connectivity index (χ3n) is 4.74. The van der Waals surface area contributed by atoms with E-state index in [0.29, 0.717) is 10.8 Å². The Morgan fingerprint density at radius 3 is 2.74 bits per heavy atom. The first-order valence-corrected chi connectivity index (χ1v) is 9.74. The first-order valence-electron chi connectivity index (χ1n) is 9.74. The second-order valence-electron chi connectivity index (χ2n) is 6.78. The van der Waals surface area contributed by atoms with E-state index in [1.54, 1.807) is 30.3 Å². The number of carbonyl (C=O) groups excluding carboxylic acids is 1. The Morgan fingerprint density at radius 2 is 1.97 bits per heavy atom. The number of hydrogen-bond donors (Lipinski definition) is 3. The third-order valence-corrected chi connectivity index (χ3v) is 4.74. The number of azo groups is 1. The molecule has 0 spiro atoms. The number of H-pyrrole nitrogens is 1. The molecule has 0 aliphatic heterocycles. The number of carbonyl (C=O) groups is 1. The SMILES string of the molecule is N#Cc1cnn(-c2ncccn2)c1/N=N/c1c(O)c(C(=O)Nc2ncn[nH]2)cc2ccccc12. The van der Waals surface area contributed by atoms with E-state index in [0.717, 1.165) is 0 Å². The zero-order valence-corrected chi connectivity index (χ0v) is 17.2. The molecule has 164 valence electrons. The number of nitrogens with one attached hydrogen (secondary N) is 2. The second-order valence-corrected chi connectivity index (χ2v) is 6.78. The molecule has 0 saturated heterocycles. The number of aromatic hydroxyl groups is 1. The van der Waals surface area contributed by atoms with Crippen molar-refractivity contribution in [2.75, 3.05) is 5.32 Å². The maximum Gasteiger partial charge on any atom is 0.261 e. The number of hydrogen-bond acceptors (Lipinski definition) is 10. The molecule has 0 bridgehead atoms. The van der Waals surface area contributed by atoms with E-state index < -0.39 is 11.7 Å². The van der Waals surface area contributed by atoms with Gasteiger partial charge in [-0.1, -0.05) is 24.3 Å². The summed E-state index contributed by atoms with van der Waals surface area (Å²) in [6.45, 7) is 0. The monoisotopic (exact) mass is 451 g/mol. The molecule has 0 fully saturated rings. The van der Waals surface area contributed by atoms with Crippen LogP contribution in [-0.4, -0.2) is 45.9 Å². The summed E-state index contributed by atoms with van der Waals surface area (Å²) in [4.78, 5) is 24.9. The lowest BCUT2D eigenvalue weighted by Crippen LogP contribution is -2.13. The highest BCUT2D eigenvalue weighted by atomic mass is 16.3. The predicted octanol–water partition coefficient (Wildman–Crippen LogP) is 3.18. The average molecular weight is 451 g/mol. The summed E-state index contributed by atoms with van der Waals surface area (Å²) < 4.78 is 1.25. The largest absolute Gasteiger partial charge is 0.505 e. The normalized spacial score (nSPS) is 11.0. The lowest BCUT2D eigenvalue weighted by Gasteiger charge is -2.10.